The zero-order chi connectivity index (χ0) is 15.8. The molecule has 0 aromatic heterocycles. The first-order valence-electron chi connectivity index (χ1n) is 6.04. The number of amides is 1. The van der Waals surface area contributed by atoms with Gasteiger partial charge in [0.05, 0.1) is 11.3 Å². The van der Waals surface area contributed by atoms with E-state index in [2.05, 4.69) is 21.2 Å². The first-order chi connectivity index (χ1) is 9.90. The van der Waals surface area contributed by atoms with Crippen LogP contribution in [0.1, 0.15) is 23.2 Å². The van der Waals surface area contributed by atoms with Gasteiger partial charge in [0.15, 0.2) is 0 Å². The number of carboxylic acids is 2. The summed E-state index contributed by atoms with van der Waals surface area (Å²) >= 11 is 4.38. The van der Waals surface area contributed by atoms with Crippen molar-refractivity contribution in [1.82, 2.24) is 5.32 Å². The fourth-order valence-electron chi connectivity index (χ4n) is 1.45. The number of aliphatic carboxylic acids is 1. The predicted octanol–water partition coefficient (Wildman–Crippen LogP) is 2.22. The van der Waals surface area contributed by atoms with Crippen molar-refractivity contribution in [3.8, 4) is 0 Å². The minimum Gasteiger partial charge on any atom is -0.481 e. The Bertz CT molecular complexity index is 549. The van der Waals surface area contributed by atoms with Crippen molar-refractivity contribution in [2.24, 2.45) is 0 Å². The van der Waals surface area contributed by atoms with E-state index in [1.165, 1.54) is 6.07 Å². The van der Waals surface area contributed by atoms with E-state index >= 15 is 0 Å². The van der Waals surface area contributed by atoms with Gasteiger partial charge in [-0.1, -0.05) is 15.9 Å². The molecule has 1 aromatic rings. The Kier molecular flexibility index (Phi) is 7.24. The van der Waals surface area contributed by atoms with Crippen LogP contribution in [0, 0.1) is 0 Å². The van der Waals surface area contributed by atoms with Gasteiger partial charge in [0.1, 0.15) is 0 Å². The van der Waals surface area contributed by atoms with Crippen LogP contribution < -0.4 is 5.32 Å². The molecule has 0 heterocycles. The molecule has 0 aliphatic heterocycles. The Morgan fingerprint density at radius 1 is 1.24 bits per heavy atom. The Morgan fingerprint density at radius 3 is 2.57 bits per heavy atom. The molecule has 1 amide bonds. The van der Waals surface area contributed by atoms with Gasteiger partial charge in [0.25, 0.3) is 0 Å². The quantitative estimate of drug-likeness (QED) is 0.475. The number of hydrogen-bond donors (Lipinski definition) is 3. The van der Waals surface area contributed by atoms with Gasteiger partial charge >= 0.3 is 11.9 Å². The molecule has 0 aliphatic rings. The highest BCUT2D eigenvalue weighted by atomic mass is 79.9. The first-order valence-corrected chi connectivity index (χ1v) is 7.82. The minimum atomic E-state index is -1.05. The van der Waals surface area contributed by atoms with Crippen molar-refractivity contribution < 1.29 is 24.6 Å². The molecule has 114 valence electrons. The van der Waals surface area contributed by atoms with Gasteiger partial charge in [-0.2, -0.15) is 0 Å². The lowest BCUT2D eigenvalue weighted by Gasteiger charge is -2.07. The zero-order valence-electron chi connectivity index (χ0n) is 11.0. The number of thioether (sulfide) groups is 1. The minimum absolute atomic E-state index is 0.00220. The van der Waals surface area contributed by atoms with Crippen molar-refractivity contribution in [3.05, 3.63) is 28.2 Å². The summed E-state index contributed by atoms with van der Waals surface area (Å²) in [5.41, 5.74) is 0.141. The Labute approximate surface area is 134 Å². The largest absolute Gasteiger partial charge is 0.481 e. The van der Waals surface area contributed by atoms with Crippen molar-refractivity contribution >= 4 is 45.5 Å². The number of benzene rings is 1. The molecule has 21 heavy (non-hydrogen) atoms. The van der Waals surface area contributed by atoms with Gasteiger partial charge in [-0.3, -0.25) is 9.59 Å². The van der Waals surface area contributed by atoms with Crippen LogP contribution in [-0.2, 0) is 9.59 Å². The smallest absolute Gasteiger partial charge is 0.336 e. The lowest BCUT2D eigenvalue weighted by molar-refractivity contribution is -0.137. The molecule has 0 fully saturated rings. The maximum atomic E-state index is 11.6. The standard InChI is InChI=1S/C13H14BrNO5S/c14-8-3-4-9(13(19)20)10(6-8)21-7-11(16)15-5-1-2-12(17)18/h3-4,6H,1-2,5,7H2,(H,15,16)(H,17,18)(H,19,20). The van der Waals surface area contributed by atoms with Gasteiger partial charge < -0.3 is 15.5 Å². The SMILES string of the molecule is O=C(O)CCCNC(=O)CSc1cc(Br)ccc1C(=O)O. The number of hydrogen-bond acceptors (Lipinski definition) is 4. The summed E-state index contributed by atoms with van der Waals surface area (Å²) in [6.45, 7) is 0.288. The predicted molar refractivity (Wildman–Crippen MR) is 81.7 cm³/mol. The van der Waals surface area contributed by atoms with Crippen LogP contribution >= 0.6 is 27.7 Å². The summed E-state index contributed by atoms with van der Waals surface area (Å²) in [5, 5.41) is 20.1. The monoisotopic (exact) mass is 375 g/mol. The van der Waals surface area contributed by atoms with Crippen LogP contribution in [0.3, 0.4) is 0 Å². The third kappa shape index (κ3) is 6.63. The second-order valence-corrected chi connectivity index (χ2v) is 6.01. The molecule has 0 saturated heterocycles. The van der Waals surface area contributed by atoms with E-state index in [0.29, 0.717) is 11.3 Å². The number of nitrogens with one attached hydrogen (secondary N) is 1. The number of carbonyl (C=O) groups excluding carboxylic acids is 1. The molecule has 0 spiro atoms. The Hall–Kier alpha value is -1.54. The van der Waals surface area contributed by atoms with E-state index in [9.17, 15) is 14.4 Å². The molecular weight excluding hydrogens is 362 g/mol. The number of carbonyl (C=O) groups is 3. The van der Waals surface area contributed by atoms with Crippen molar-refractivity contribution in [2.45, 2.75) is 17.7 Å². The summed E-state index contributed by atoms with van der Waals surface area (Å²) in [7, 11) is 0. The third-order valence-corrected chi connectivity index (χ3v) is 3.97. The highest BCUT2D eigenvalue weighted by molar-refractivity contribution is 9.10. The highest BCUT2D eigenvalue weighted by Gasteiger charge is 2.12. The molecule has 0 aliphatic carbocycles. The second-order valence-electron chi connectivity index (χ2n) is 4.08. The molecule has 1 aromatic carbocycles. The van der Waals surface area contributed by atoms with Gasteiger partial charge in [0.2, 0.25) is 5.91 Å². The number of aromatic carboxylic acids is 1. The van der Waals surface area contributed by atoms with E-state index in [1.54, 1.807) is 12.1 Å². The van der Waals surface area contributed by atoms with Gasteiger partial charge in [0, 0.05) is 22.3 Å². The average molecular weight is 376 g/mol. The summed E-state index contributed by atoms with van der Waals surface area (Å²) in [4.78, 5) is 33.5. The molecule has 1 rings (SSSR count). The van der Waals surface area contributed by atoms with Crippen LogP contribution in [0.4, 0.5) is 0 Å². The van der Waals surface area contributed by atoms with E-state index < -0.39 is 11.9 Å². The third-order valence-electron chi connectivity index (χ3n) is 2.42. The Balaban J connectivity index is 2.47. The number of carboxylic acid groups (broad SMARTS) is 2. The van der Waals surface area contributed by atoms with Gasteiger partial charge in [-0.15, -0.1) is 11.8 Å². The van der Waals surface area contributed by atoms with Crippen LogP contribution in [0.25, 0.3) is 0 Å². The van der Waals surface area contributed by atoms with Crippen LogP contribution in [0.2, 0.25) is 0 Å². The van der Waals surface area contributed by atoms with Crippen LogP contribution in [0.15, 0.2) is 27.6 Å². The fourth-order valence-corrected chi connectivity index (χ4v) is 2.88. The maximum Gasteiger partial charge on any atom is 0.336 e. The van der Waals surface area contributed by atoms with E-state index in [1.807, 2.05) is 0 Å². The zero-order valence-corrected chi connectivity index (χ0v) is 13.4. The summed E-state index contributed by atoms with van der Waals surface area (Å²) < 4.78 is 0.733. The molecule has 0 atom stereocenters. The maximum absolute atomic E-state index is 11.6. The normalized spacial score (nSPS) is 10.1. The molecule has 0 unspecified atom stereocenters. The number of rotatable bonds is 8. The molecule has 3 N–H and O–H groups in total. The average Bonchev–Trinajstić information content (AvgIpc) is 2.40. The fraction of sp³-hybridized carbons (Fsp3) is 0.308. The van der Waals surface area contributed by atoms with Crippen molar-refractivity contribution in [3.63, 3.8) is 0 Å². The van der Waals surface area contributed by atoms with E-state index in [0.717, 1.165) is 16.2 Å². The van der Waals surface area contributed by atoms with Crippen molar-refractivity contribution in [2.75, 3.05) is 12.3 Å². The first kappa shape index (κ1) is 17.5. The summed E-state index contributed by atoms with van der Waals surface area (Å²) in [6.07, 6.45) is 0.366. The summed E-state index contributed by atoms with van der Waals surface area (Å²) in [6, 6.07) is 4.74. The van der Waals surface area contributed by atoms with Crippen molar-refractivity contribution in [1.29, 1.82) is 0 Å². The molecule has 0 saturated carbocycles. The molecule has 0 radical (unpaired) electrons. The lowest BCUT2D eigenvalue weighted by Crippen LogP contribution is -2.26. The molecular formula is C13H14BrNO5S. The molecule has 6 nitrogen and oxygen atoms in total. The number of halogens is 1. The molecule has 0 bridgehead atoms. The van der Waals surface area contributed by atoms with Gasteiger partial charge in [-0.05, 0) is 24.6 Å². The summed E-state index contributed by atoms with van der Waals surface area (Å²) in [5.74, 6) is -2.14. The molecule has 8 heteroatoms. The van der Waals surface area contributed by atoms with E-state index in [-0.39, 0.29) is 30.2 Å². The van der Waals surface area contributed by atoms with E-state index in [4.69, 9.17) is 10.2 Å². The van der Waals surface area contributed by atoms with Crippen LogP contribution in [-0.4, -0.2) is 40.4 Å². The lowest BCUT2D eigenvalue weighted by atomic mass is 10.2. The highest BCUT2D eigenvalue weighted by Crippen LogP contribution is 2.26. The Morgan fingerprint density at radius 2 is 1.95 bits per heavy atom. The topological polar surface area (TPSA) is 104 Å². The van der Waals surface area contributed by atoms with Crippen LogP contribution in [0.5, 0.6) is 0 Å². The van der Waals surface area contributed by atoms with Gasteiger partial charge in [-0.25, -0.2) is 4.79 Å². The second kappa shape index (κ2) is 8.68.